The molecule has 0 aliphatic carbocycles. The van der Waals surface area contributed by atoms with Gasteiger partial charge in [-0.25, -0.2) is 22.5 Å². The fraction of sp³-hybridized carbons (Fsp3) is 0.556. The van der Waals surface area contributed by atoms with Gasteiger partial charge < -0.3 is 0 Å². The summed E-state index contributed by atoms with van der Waals surface area (Å²) < 4.78 is 25.2. The third kappa shape index (κ3) is 2.63. The molecule has 1 rings (SSSR count). The zero-order chi connectivity index (χ0) is 14.8. The quantitative estimate of drug-likeness (QED) is 0.703. The van der Waals surface area contributed by atoms with Gasteiger partial charge >= 0.3 is 6.03 Å². The second-order valence-corrected chi connectivity index (χ2v) is 5.88. The van der Waals surface area contributed by atoms with E-state index in [4.69, 9.17) is 0 Å². The second-order valence-electron chi connectivity index (χ2n) is 3.81. The number of sulfonamides is 1. The first-order valence-corrected chi connectivity index (χ1v) is 6.81. The van der Waals surface area contributed by atoms with Crippen LogP contribution < -0.4 is 0 Å². The molecule has 1 aliphatic rings. The van der Waals surface area contributed by atoms with Crippen molar-refractivity contribution in [3.8, 4) is 0 Å². The lowest BCUT2D eigenvalue weighted by atomic mass is 10.5. The predicted molar refractivity (Wildman–Crippen MR) is 69.6 cm³/mol. The molecule has 0 radical (unpaired) electrons. The van der Waals surface area contributed by atoms with Crippen LogP contribution in [-0.4, -0.2) is 63.1 Å². The van der Waals surface area contributed by atoms with Gasteiger partial charge in [0.15, 0.2) is 5.82 Å². The molecule has 10 heteroatoms. The molecule has 1 heterocycles. The molecule has 0 saturated carbocycles. The smallest absolute Gasteiger partial charge is 0.273 e. The third-order valence-corrected chi connectivity index (χ3v) is 4.17. The van der Waals surface area contributed by atoms with Crippen molar-refractivity contribution in [2.45, 2.75) is 6.92 Å². The van der Waals surface area contributed by atoms with Gasteiger partial charge in [-0.05, 0) is 13.6 Å². The highest BCUT2D eigenvalue weighted by Gasteiger charge is 2.33. The summed E-state index contributed by atoms with van der Waals surface area (Å²) in [4.78, 5) is 16.5. The minimum absolute atomic E-state index is 0.130. The van der Waals surface area contributed by atoms with Crippen LogP contribution in [0.15, 0.2) is 26.2 Å². The van der Waals surface area contributed by atoms with E-state index in [1.807, 2.05) is 0 Å². The number of hydrogen-bond acceptors (Lipinski definition) is 6. The molecular weight excluding hydrogens is 272 g/mol. The number of carbonyl (C=O) groups excluding carboxylic acids is 1. The van der Waals surface area contributed by atoms with Gasteiger partial charge in [0.05, 0.1) is 0 Å². The zero-order valence-corrected chi connectivity index (χ0v) is 12.0. The van der Waals surface area contributed by atoms with Crippen molar-refractivity contribution in [1.82, 2.24) is 14.2 Å². The van der Waals surface area contributed by atoms with Gasteiger partial charge in [0.2, 0.25) is 5.03 Å². The molecule has 0 bridgehead atoms. The summed E-state index contributed by atoms with van der Waals surface area (Å²) in [6, 6.07) is -0.484. The van der Waals surface area contributed by atoms with Crippen molar-refractivity contribution in [3.63, 3.8) is 0 Å². The highest BCUT2D eigenvalue weighted by molar-refractivity contribution is 7.93. The molecular formula is C9H16N6O3S. The molecule has 0 aromatic rings. The maximum atomic E-state index is 12.1. The lowest BCUT2D eigenvalue weighted by molar-refractivity contribution is 0.163. The van der Waals surface area contributed by atoms with Crippen LogP contribution in [0.3, 0.4) is 0 Å². The Labute approximate surface area is 111 Å². The number of rotatable bonds is 4. The summed E-state index contributed by atoms with van der Waals surface area (Å²) in [7, 11) is 0.273. The largest absolute Gasteiger partial charge is 0.347 e. The molecule has 19 heavy (non-hydrogen) atoms. The van der Waals surface area contributed by atoms with E-state index in [1.165, 1.54) is 21.1 Å². The number of urea groups is 1. The fourth-order valence-corrected chi connectivity index (χ4v) is 2.24. The standard InChI is InChI=1S/C9H16N6O3S/c1-6-15-7(11-12-14(5)9(15)16)8(10-2)19(17,18)13(3)4/h2,6H2,1,3-5H3. The highest BCUT2D eigenvalue weighted by Crippen LogP contribution is 2.24. The van der Waals surface area contributed by atoms with E-state index >= 15 is 0 Å². The number of hydrogen-bond donors (Lipinski definition) is 0. The average Bonchev–Trinajstić information content (AvgIpc) is 2.34. The van der Waals surface area contributed by atoms with Crippen LogP contribution in [0.5, 0.6) is 0 Å². The molecule has 0 aromatic heterocycles. The van der Waals surface area contributed by atoms with Gasteiger partial charge in [-0.1, -0.05) is 5.22 Å². The molecule has 0 spiro atoms. The summed E-state index contributed by atoms with van der Waals surface area (Å²) >= 11 is 0. The summed E-state index contributed by atoms with van der Waals surface area (Å²) in [5.41, 5.74) is 0. The van der Waals surface area contributed by atoms with Gasteiger partial charge in [-0.3, -0.25) is 4.90 Å². The van der Waals surface area contributed by atoms with E-state index in [2.05, 4.69) is 22.0 Å². The van der Waals surface area contributed by atoms with Crippen molar-refractivity contribution in [3.05, 3.63) is 10.9 Å². The number of nitrogens with zero attached hydrogens (tertiary/aromatic N) is 6. The number of aliphatic imine (C=N–C) groups is 1. The maximum absolute atomic E-state index is 12.1. The summed E-state index contributed by atoms with van der Waals surface area (Å²) in [6.07, 6.45) is 0. The van der Waals surface area contributed by atoms with Crippen molar-refractivity contribution >= 4 is 22.8 Å². The van der Waals surface area contributed by atoms with E-state index in [0.717, 1.165) is 14.2 Å². The number of carbonyl (C=O) groups is 1. The first-order chi connectivity index (χ1) is 8.77. The lowest BCUT2D eigenvalue weighted by Crippen LogP contribution is -2.41. The minimum atomic E-state index is -3.85. The van der Waals surface area contributed by atoms with E-state index in [1.54, 1.807) is 6.92 Å². The van der Waals surface area contributed by atoms with Crippen LogP contribution in [0.2, 0.25) is 0 Å². The monoisotopic (exact) mass is 288 g/mol. The van der Waals surface area contributed by atoms with Gasteiger partial charge in [0, 0.05) is 27.7 Å². The Bertz CT molecular complexity index is 550. The van der Waals surface area contributed by atoms with Crippen LogP contribution >= 0.6 is 0 Å². The fourth-order valence-electron chi connectivity index (χ4n) is 1.35. The Kier molecular flexibility index (Phi) is 4.37. The topological polar surface area (TPSA) is 98.0 Å². The molecule has 106 valence electrons. The zero-order valence-electron chi connectivity index (χ0n) is 11.2. The molecule has 0 N–H and O–H groups in total. The van der Waals surface area contributed by atoms with Crippen molar-refractivity contribution in [2.75, 3.05) is 27.7 Å². The Morgan fingerprint density at radius 1 is 1.47 bits per heavy atom. The van der Waals surface area contributed by atoms with Crippen LogP contribution in [0.25, 0.3) is 0 Å². The predicted octanol–water partition coefficient (Wildman–Crippen LogP) is 0.460. The molecule has 0 atom stereocenters. The van der Waals surface area contributed by atoms with E-state index in [0.29, 0.717) is 0 Å². The first-order valence-electron chi connectivity index (χ1n) is 5.37. The van der Waals surface area contributed by atoms with Gasteiger partial charge in [0.25, 0.3) is 10.0 Å². The molecule has 0 fully saturated rings. The minimum Gasteiger partial charge on any atom is -0.273 e. The highest BCUT2D eigenvalue weighted by atomic mass is 32.2. The van der Waals surface area contributed by atoms with Crippen LogP contribution in [0.4, 0.5) is 4.79 Å². The maximum Gasteiger partial charge on any atom is 0.347 e. The van der Waals surface area contributed by atoms with Crippen molar-refractivity contribution in [1.29, 1.82) is 0 Å². The summed E-state index contributed by atoms with van der Waals surface area (Å²) in [6.45, 7) is 5.16. The van der Waals surface area contributed by atoms with Crippen molar-refractivity contribution in [2.24, 2.45) is 15.3 Å². The number of amides is 2. The third-order valence-electron chi connectivity index (χ3n) is 2.41. The molecule has 1 aliphatic heterocycles. The van der Waals surface area contributed by atoms with Gasteiger partial charge in [-0.2, -0.15) is 5.01 Å². The second kappa shape index (κ2) is 5.45. The van der Waals surface area contributed by atoms with E-state index in [9.17, 15) is 13.2 Å². The van der Waals surface area contributed by atoms with Gasteiger partial charge in [0.1, 0.15) is 0 Å². The Morgan fingerprint density at radius 2 is 2.05 bits per heavy atom. The molecule has 0 aromatic carbocycles. The van der Waals surface area contributed by atoms with Crippen LogP contribution in [0.1, 0.15) is 6.92 Å². The molecule has 9 nitrogen and oxygen atoms in total. The Balaban J connectivity index is 3.52. The van der Waals surface area contributed by atoms with Gasteiger partial charge in [-0.15, -0.1) is 5.11 Å². The van der Waals surface area contributed by atoms with Crippen LogP contribution in [-0.2, 0) is 10.0 Å². The normalized spacial score (nSPS) is 19.1. The SMILES string of the molecule is C=NC(=C1N=NN(C)C(=O)N1CC)S(=O)(=O)N(C)C. The lowest BCUT2D eigenvalue weighted by Gasteiger charge is -2.28. The molecule has 0 saturated heterocycles. The molecule has 0 unspecified atom stereocenters. The van der Waals surface area contributed by atoms with Crippen LogP contribution in [0, 0.1) is 0 Å². The molecule has 2 amide bonds. The summed E-state index contributed by atoms with van der Waals surface area (Å²) in [5, 5.41) is 7.91. The Morgan fingerprint density at radius 3 is 2.47 bits per heavy atom. The van der Waals surface area contributed by atoms with Crippen molar-refractivity contribution < 1.29 is 13.2 Å². The Hall–Kier alpha value is -1.81. The average molecular weight is 288 g/mol. The van der Waals surface area contributed by atoms with E-state index < -0.39 is 21.1 Å². The first kappa shape index (κ1) is 15.2. The van der Waals surface area contributed by atoms with E-state index in [-0.39, 0.29) is 12.4 Å². The summed E-state index contributed by atoms with van der Waals surface area (Å²) in [5.74, 6) is -0.130.